The minimum atomic E-state index is -0.994. The van der Waals surface area contributed by atoms with Crippen LogP contribution in [0.5, 0.6) is 0 Å². The van der Waals surface area contributed by atoms with Gasteiger partial charge in [-0.2, -0.15) is 5.26 Å². The van der Waals surface area contributed by atoms with Gasteiger partial charge in [0.05, 0.1) is 32.5 Å². The highest BCUT2D eigenvalue weighted by molar-refractivity contribution is 7.84. The molecule has 1 saturated heterocycles. The van der Waals surface area contributed by atoms with Crippen molar-refractivity contribution >= 4 is 39.9 Å². The molecule has 2 atom stereocenters. The van der Waals surface area contributed by atoms with Gasteiger partial charge in [0.25, 0.3) is 5.91 Å². The normalized spacial score (nSPS) is 17.1. The van der Waals surface area contributed by atoms with Gasteiger partial charge in [0.1, 0.15) is 0 Å². The molecule has 0 N–H and O–H groups in total. The molecule has 8 heteroatoms. The fourth-order valence-corrected chi connectivity index (χ4v) is 7.90. The summed E-state index contributed by atoms with van der Waals surface area (Å²) in [5, 5.41) is 10.7. The number of rotatable bonds is 9. The summed E-state index contributed by atoms with van der Waals surface area (Å²) in [5.41, 5.74) is 5.74. The molecule has 0 bridgehead atoms. The number of likely N-dealkylation sites (tertiary alicyclic amines) is 1. The zero-order chi connectivity index (χ0) is 30.5. The second-order valence-electron chi connectivity index (χ2n) is 11.9. The van der Waals surface area contributed by atoms with E-state index in [1.807, 2.05) is 54.4 Å². The summed E-state index contributed by atoms with van der Waals surface area (Å²) >= 11 is 12.7. The number of carbonyl (C=O) groups is 1. The Hall–Kier alpha value is -2.69. The fraction of sp³-hybridized carbons (Fsp3) is 0.429. The predicted molar refractivity (Wildman–Crippen MR) is 176 cm³/mol. The molecule has 0 radical (unpaired) electrons. The first kappa shape index (κ1) is 31.7. The zero-order valence-electron chi connectivity index (χ0n) is 25.0. The largest absolute Gasteiger partial charge is 0.341 e. The lowest BCUT2D eigenvalue weighted by Gasteiger charge is -2.34. The Bertz CT molecular complexity index is 1540. The van der Waals surface area contributed by atoms with Crippen LogP contribution in [0.15, 0.2) is 59.5 Å². The first-order chi connectivity index (χ1) is 20.7. The number of aryl methyl sites for hydroxylation is 1. The van der Waals surface area contributed by atoms with E-state index in [1.165, 1.54) is 5.56 Å². The standard InChI is InChI=1S/C35H39Cl2N3O2S/c1-39(35(41)31-20-24(22-38)19-27-7-3-4-8-29(27)31)23-28(26-11-12-32(36)33(37)21-26)15-18-40-16-13-25(14-17-40)30-9-5-6-10-34(30)43(2)42/h5-6,9-12,19-21,25,28H,3-4,7-8,13-18,23H2,1-2H3. The quantitative estimate of drug-likeness (QED) is 0.243. The Morgan fingerprint density at radius 1 is 1.07 bits per heavy atom. The van der Waals surface area contributed by atoms with Crippen molar-refractivity contribution in [3.05, 3.63) is 98.0 Å². The molecule has 0 saturated carbocycles. The highest BCUT2D eigenvalue weighted by Crippen LogP contribution is 2.34. The molecule has 2 aliphatic rings. The molecule has 1 fully saturated rings. The molecule has 2 unspecified atom stereocenters. The number of nitrogens with zero attached hydrogens (tertiary/aromatic N) is 3. The number of halogens is 2. The Labute approximate surface area is 268 Å². The van der Waals surface area contributed by atoms with Gasteiger partial charge in [-0.15, -0.1) is 0 Å². The van der Waals surface area contributed by atoms with Crippen LogP contribution >= 0.6 is 23.2 Å². The summed E-state index contributed by atoms with van der Waals surface area (Å²) < 4.78 is 12.3. The van der Waals surface area contributed by atoms with Gasteiger partial charge in [-0.3, -0.25) is 9.00 Å². The lowest BCUT2D eigenvalue weighted by atomic mass is 9.86. The van der Waals surface area contributed by atoms with E-state index in [0.717, 1.165) is 86.2 Å². The minimum Gasteiger partial charge on any atom is -0.341 e. The van der Waals surface area contributed by atoms with Crippen LogP contribution in [0.2, 0.25) is 10.0 Å². The molecule has 0 spiro atoms. The van der Waals surface area contributed by atoms with Gasteiger partial charge in [-0.1, -0.05) is 47.5 Å². The molecular weight excluding hydrogens is 597 g/mol. The van der Waals surface area contributed by atoms with E-state index in [4.69, 9.17) is 23.2 Å². The molecule has 0 aromatic heterocycles. The van der Waals surface area contributed by atoms with Crippen LogP contribution in [-0.4, -0.2) is 59.4 Å². The number of benzene rings is 3. The van der Waals surface area contributed by atoms with E-state index < -0.39 is 10.8 Å². The first-order valence-electron chi connectivity index (χ1n) is 15.2. The summed E-state index contributed by atoms with van der Waals surface area (Å²) in [6, 6.07) is 19.9. The van der Waals surface area contributed by atoms with Crippen molar-refractivity contribution in [3.8, 4) is 6.07 Å². The second kappa shape index (κ2) is 14.4. The van der Waals surface area contributed by atoms with E-state index in [1.54, 1.807) is 12.3 Å². The third-order valence-electron chi connectivity index (χ3n) is 9.13. The van der Waals surface area contributed by atoms with Crippen molar-refractivity contribution in [3.63, 3.8) is 0 Å². The predicted octanol–water partition coefficient (Wildman–Crippen LogP) is 7.61. The van der Waals surface area contributed by atoms with Crippen molar-refractivity contribution in [1.29, 1.82) is 5.26 Å². The average molecular weight is 637 g/mol. The van der Waals surface area contributed by atoms with E-state index in [9.17, 15) is 14.3 Å². The van der Waals surface area contributed by atoms with Gasteiger partial charge in [-0.25, -0.2) is 0 Å². The third-order valence-corrected chi connectivity index (χ3v) is 10.9. The van der Waals surface area contributed by atoms with E-state index >= 15 is 0 Å². The monoisotopic (exact) mass is 635 g/mol. The molecule has 3 aromatic rings. The maximum Gasteiger partial charge on any atom is 0.253 e. The van der Waals surface area contributed by atoms with Gasteiger partial charge in [0.2, 0.25) is 0 Å². The maximum atomic E-state index is 13.9. The molecule has 3 aromatic carbocycles. The van der Waals surface area contributed by atoms with Crippen LogP contribution in [0.3, 0.4) is 0 Å². The van der Waals surface area contributed by atoms with E-state index in [-0.39, 0.29) is 11.8 Å². The van der Waals surface area contributed by atoms with Crippen LogP contribution in [0.4, 0.5) is 0 Å². The highest BCUT2D eigenvalue weighted by atomic mass is 35.5. The number of amides is 1. The summed E-state index contributed by atoms with van der Waals surface area (Å²) in [7, 11) is 0.869. The van der Waals surface area contributed by atoms with Crippen molar-refractivity contribution in [2.75, 3.05) is 39.5 Å². The fourth-order valence-electron chi connectivity index (χ4n) is 6.76. The van der Waals surface area contributed by atoms with Gasteiger partial charge < -0.3 is 9.80 Å². The van der Waals surface area contributed by atoms with E-state index in [2.05, 4.69) is 17.0 Å². The van der Waals surface area contributed by atoms with Crippen molar-refractivity contribution in [2.24, 2.45) is 0 Å². The van der Waals surface area contributed by atoms with Crippen LogP contribution in [0, 0.1) is 11.3 Å². The number of hydrogen-bond acceptors (Lipinski definition) is 4. The first-order valence-corrected chi connectivity index (χ1v) is 17.5. The Morgan fingerprint density at radius 2 is 1.81 bits per heavy atom. The molecule has 5 rings (SSSR count). The van der Waals surface area contributed by atoms with Crippen LogP contribution in [-0.2, 0) is 23.6 Å². The molecule has 226 valence electrons. The van der Waals surface area contributed by atoms with Crippen LogP contribution in [0.1, 0.15) is 82.1 Å². The molecule has 1 heterocycles. The van der Waals surface area contributed by atoms with Gasteiger partial charge in [0, 0.05) is 36.2 Å². The summed E-state index contributed by atoms with van der Waals surface area (Å²) in [6.45, 7) is 3.39. The Kier molecular flexibility index (Phi) is 10.6. The summed E-state index contributed by atoms with van der Waals surface area (Å²) in [5.74, 6) is 0.453. The highest BCUT2D eigenvalue weighted by Gasteiger charge is 2.27. The number of hydrogen-bond donors (Lipinski definition) is 0. The molecule has 1 aliphatic heterocycles. The molecule has 1 aliphatic carbocycles. The number of nitriles is 1. The van der Waals surface area contributed by atoms with Crippen LogP contribution < -0.4 is 0 Å². The minimum absolute atomic E-state index is 0.0342. The summed E-state index contributed by atoms with van der Waals surface area (Å²) in [6.07, 6.45) is 8.63. The van der Waals surface area contributed by atoms with Crippen LogP contribution in [0.25, 0.3) is 0 Å². The van der Waals surface area contributed by atoms with Crippen molar-refractivity contribution < 1.29 is 9.00 Å². The maximum absolute atomic E-state index is 13.9. The SMILES string of the molecule is CN(CC(CCN1CCC(c2ccccc2S(C)=O)CC1)c1ccc(Cl)c(Cl)c1)C(=O)c1cc(C#N)cc2c1CCCC2. The number of piperidine rings is 1. The topological polar surface area (TPSA) is 64.4 Å². The molecule has 43 heavy (non-hydrogen) atoms. The average Bonchev–Trinajstić information content (AvgIpc) is 3.03. The Morgan fingerprint density at radius 3 is 2.53 bits per heavy atom. The third kappa shape index (κ3) is 7.52. The molecule has 1 amide bonds. The Balaban J connectivity index is 1.29. The number of likely N-dealkylation sites (N-methyl/N-ethyl adjacent to an activating group) is 1. The lowest BCUT2D eigenvalue weighted by Crippen LogP contribution is -2.36. The lowest BCUT2D eigenvalue weighted by molar-refractivity contribution is 0.0780. The summed E-state index contributed by atoms with van der Waals surface area (Å²) in [4.78, 5) is 19.1. The number of fused-ring (bicyclic) bond motifs is 1. The smallest absolute Gasteiger partial charge is 0.253 e. The molecule has 5 nitrogen and oxygen atoms in total. The van der Waals surface area contributed by atoms with Gasteiger partial charge in [0.15, 0.2) is 0 Å². The van der Waals surface area contributed by atoms with E-state index in [0.29, 0.717) is 33.6 Å². The number of carbonyl (C=O) groups excluding carboxylic acids is 1. The molecular formula is C35H39Cl2N3O2S. The van der Waals surface area contributed by atoms with Gasteiger partial charge in [-0.05, 0) is 123 Å². The second-order valence-corrected chi connectivity index (χ2v) is 14.1. The van der Waals surface area contributed by atoms with Crippen molar-refractivity contribution in [2.45, 2.75) is 61.7 Å². The van der Waals surface area contributed by atoms with Crippen molar-refractivity contribution in [1.82, 2.24) is 9.80 Å². The zero-order valence-corrected chi connectivity index (χ0v) is 27.3. The van der Waals surface area contributed by atoms with Gasteiger partial charge >= 0.3 is 0 Å².